The van der Waals surface area contributed by atoms with Gasteiger partial charge in [-0.15, -0.1) is 0 Å². The van der Waals surface area contributed by atoms with Crippen LogP contribution in [-0.4, -0.2) is 36.2 Å². The molecule has 6 nitrogen and oxygen atoms in total. The van der Waals surface area contributed by atoms with Crippen molar-refractivity contribution in [3.8, 4) is 0 Å². The molecule has 22 heavy (non-hydrogen) atoms. The van der Waals surface area contributed by atoms with E-state index in [0.29, 0.717) is 24.6 Å². The molecule has 1 aromatic rings. The lowest BCUT2D eigenvalue weighted by atomic mass is 10.0. The number of ether oxygens (including phenoxy) is 1. The Balaban J connectivity index is 2.58. The third-order valence-corrected chi connectivity index (χ3v) is 3.26. The fourth-order valence-corrected chi connectivity index (χ4v) is 2.32. The van der Waals surface area contributed by atoms with Crippen molar-refractivity contribution >= 4 is 27.9 Å². The Morgan fingerprint density at radius 2 is 2.09 bits per heavy atom. The fourth-order valence-electron chi connectivity index (χ4n) is 1.96. The van der Waals surface area contributed by atoms with E-state index in [1.807, 2.05) is 0 Å². The summed E-state index contributed by atoms with van der Waals surface area (Å²) in [5.74, 6) is 0.157. The number of nitrogens with one attached hydrogen (secondary N) is 2. The molecule has 1 atom stereocenters. The Morgan fingerprint density at radius 1 is 1.36 bits per heavy atom. The second-order valence-electron chi connectivity index (χ2n) is 5.29. The van der Waals surface area contributed by atoms with E-state index in [2.05, 4.69) is 45.4 Å². The number of carbonyl (C=O) groups is 2. The molecule has 7 heteroatoms. The smallest absolute Gasteiger partial charge is 0.407 e. The number of amides is 2. The van der Waals surface area contributed by atoms with E-state index in [1.54, 1.807) is 19.2 Å². The van der Waals surface area contributed by atoms with Crippen LogP contribution in [0.1, 0.15) is 37.6 Å². The molecule has 2 N–H and O–H groups in total. The highest BCUT2D eigenvalue weighted by molar-refractivity contribution is 9.10. The zero-order chi connectivity index (χ0) is 16.5. The fraction of sp³-hybridized carbons (Fsp3) is 0.533. The normalized spacial score (nSPS) is 11.9. The Kier molecular flexibility index (Phi) is 7.87. The molecule has 0 saturated heterocycles. The van der Waals surface area contributed by atoms with Crippen molar-refractivity contribution in [1.82, 2.24) is 15.6 Å². The standard InChI is InChI=1S/C15H22BrN3O3/c1-4-22-15(21)19-13(5-10(2)3)9-18-14(20)11-6-12(16)8-17-7-11/h6-8,10,13H,4-5,9H2,1-3H3,(H,18,20)(H,19,21)/t13-/m1/s1. The van der Waals surface area contributed by atoms with Gasteiger partial charge >= 0.3 is 6.09 Å². The number of pyridine rings is 1. The lowest BCUT2D eigenvalue weighted by Gasteiger charge is -2.20. The summed E-state index contributed by atoms with van der Waals surface area (Å²) < 4.78 is 5.62. The van der Waals surface area contributed by atoms with Crippen LogP contribution in [0.25, 0.3) is 0 Å². The summed E-state index contributed by atoms with van der Waals surface area (Å²) in [5.41, 5.74) is 0.466. The van der Waals surface area contributed by atoms with E-state index in [9.17, 15) is 9.59 Å². The predicted molar refractivity (Wildman–Crippen MR) is 87.7 cm³/mol. The molecule has 0 aliphatic carbocycles. The first-order valence-electron chi connectivity index (χ1n) is 7.24. The Bertz CT molecular complexity index is 509. The van der Waals surface area contributed by atoms with Crippen molar-refractivity contribution in [3.63, 3.8) is 0 Å². The van der Waals surface area contributed by atoms with Gasteiger partial charge in [0.2, 0.25) is 0 Å². The molecular formula is C15H22BrN3O3. The van der Waals surface area contributed by atoms with Gasteiger partial charge in [-0.2, -0.15) is 0 Å². The SMILES string of the molecule is CCOC(=O)N[C@@H](CNC(=O)c1cncc(Br)c1)CC(C)C. The maximum Gasteiger partial charge on any atom is 0.407 e. The maximum atomic E-state index is 12.1. The number of aromatic nitrogens is 1. The molecule has 122 valence electrons. The van der Waals surface area contributed by atoms with Gasteiger partial charge in [0, 0.05) is 29.5 Å². The molecule has 0 saturated carbocycles. The van der Waals surface area contributed by atoms with Crippen LogP contribution in [0.5, 0.6) is 0 Å². The van der Waals surface area contributed by atoms with Crippen molar-refractivity contribution in [3.05, 3.63) is 28.5 Å². The maximum absolute atomic E-state index is 12.1. The first kappa shape index (κ1) is 18.4. The van der Waals surface area contributed by atoms with Crippen molar-refractivity contribution < 1.29 is 14.3 Å². The summed E-state index contributed by atoms with van der Waals surface area (Å²) >= 11 is 3.28. The van der Waals surface area contributed by atoms with Crippen LogP contribution < -0.4 is 10.6 Å². The highest BCUT2D eigenvalue weighted by Gasteiger charge is 2.16. The lowest BCUT2D eigenvalue weighted by Crippen LogP contribution is -2.44. The second kappa shape index (κ2) is 9.40. The summed E-state index contributed by atoms with van der Waals surface area (Å²) in [7, 11) is 0. The number of rotatable bonds is 7. The molecule has 0 fully saturated rings. The molecule has 0 spiro atoms. The molecule has 0 aliphatic heterocycles. The topological polar surface area (TPSA) is 80.3 Å². The summed E-state index contributed by atoms with van der Waals surface area (Å²) in [6.07, 6.45) is 3.39. The van der Waals surface area contributed by atoms with Gasteiger partial charge in [-0.1, -0.05) is 13.8 Å². The zero-order valence-corrected chi connectivity index (χ0v) is 14.6. The highest BCUT2D eigenvalue weighted by Crippen LogP contribution is 2.10. The van der Waals surface area contributed by atoms with Gasteiger partial charge in [0.25, 0.3) is 5.91 Å². The van der Waals surface area contributed by atoms with E-state index in [-0.39, 0.29) is 11.9 Å². The van der Waals surface area contributed by atoms with E-state index in [1.165, 1.54) is 6.20 Å². The minimum absolute atomic E-state index is 0.178. The van der Waals surface area contributed by atoms with Crippen LogP contribution in [0, 0.1) is 5.92 Å². The molecule has 0 aromatic carbocycles. The quantitative estimate of drug-likeness (QED) is 0.771. The molecular weight excluding hydrogens is 350 g/mol. The lowest BCUT2D eigenvalue weighted by molar-refractivity contribution is 0.0944. The number of hydrogen-bond acceptors (Lipinski definition) is 4. The van der Waals surface area contributed by atoms with Gasteiger partial charge in [-0.3, -0.25) is 9.78 Å². The van der Waals surface area contributed by atoms with Gasteiger partial charge in [0.15, 0.2) is 0 Å². The Labute approximate surface area is 139 Å². The van der Waals surface area contributed by atoms with Gasteiger partial charge in [-0.25, -0.2) is 4.79 Å². The van der Waals surface area contributed by atoms with Crippen LogP contribution in [0.3, 0.4) is 0 Å². The minimum Gasteiger partial charge on any atom is -0.450 e. The van der Waals surface area contributed by atoms with Gasteiger partial charge in [-0.05, 0) is 41.3 Å². The van der Waals surface area contributed by atoms with E-state index < -0.39 is 6.09 Å². The van der Waals surface area contributed by atoms with Gasteiger partial charge in [0.1, 0.15) is 0 Å². The number of halogens is 1. The van der Waals surface area contributed by atoms with E-state index >= 15 is 0 Å². The van der Waals surface area contributed by atoms with Crippen molar-refractivity contribution in [1.29, 1.82) is 0 Å². The minimum atomic E-state index is -0.466. The summed E-state index contributed by atoms with van der Waals surface area (Å²) in [5, 5.41) is 5.58. The number of carbonyl (C=O) groups excluding carboxylic acids is 2. The van der Waals surface area contributed by atoms with Crippen molar-refractivity contribution in [2.45, 2.75) is 33.2 Å². The predicted octanol–water partition coefficient (Wildman–Crippen LogP) is 2.73. The monoisotopic (exact) mass is 371 g/mol. The van der Waals surface area contributed by atoms with Gasteiger partial charge < -0.3 is 15.4 Å². The highest BCUT2D eigenvalue weighted by atomic mass is 79.9. The Hall–Kier alpha value is -1.63. The molecule has 1 aromatic heterocycles. The molecule has 1 heterocycles. The van der Waals surface area contributed by atoms with Crippen LogP contribution in [-0.2, 0) is 4.74 Å². The second-order valence-corrected chi connectivity index (χ2v) is 6.21. The number of nitrogens with zero attached hydrogens (tertiary/aromatic N) is 1. The van der Waals surface area contributed by atoms with Crippen LogP contribution >= 0.6 is 15.9 Å². The average molecular weight is 372 g/mol. The van der Waals surface area contributed by atoms with Crippen LogP contribution in [0.4, 0.5) is 4.79 Å². The average Bonchev–Trinajstić information content (AvgIpc) is 2.44. The molecule has 0 unspecified atom stereocenters. The third kappa shape index (κ3) is 6.89. The first-order chi connectivity index (χ1) is 10.4. The zero-order valence-electron chi connectivity index (χ0n) is 13.1. The van der Waals surface area contributed by atoms with Crippen LogP contribution in [0.15, 0.2) is 22.9 Å². The molecule has 2 amide bonds. The Morgan fingerprint density at radius 3 is 2.68 bits per heavy atom. The first-order valence-corrected chi connectivity index (χ1v) is 8.03. The molecule has 0 radical (unpaired) electrons. The number of hydrogen-bond donors (Lipinski definition) is 2. The van der Waals surface area contributed by atoms with E-state index in [4.69, 9.17) is 4.74 Å². The third-order valence-electron chi connectivity index (χ3n) is 2.83. The summed E-state index contributed by atoms with van der Waals surface area (Å²) in [6, 6.07) is 1.52. The number of alkyl carbamates (subject to hydrolysis) is 1. The largest absolute Gasteiger partial charge is 0.450 e. The molecule has 0 bridgehead atoms. The van der Waals surface area contributed by atoms with Crippen molar-refractivity contribution in [2.75, 3.05) is 13.2 Å². The molecule has 1 rings (SSSR count). The van der Waals surface area contributed by atoms with Gasteiger partial charge in [0.05, 0.1) is 12.2 Å². The van der Waals surface area contributed by atoms with E-state index in [0.717, 1.165) is 10.9 Å². The summed E-state index contributed by atoms with van der Waals surface area (Å²) in [4.78, 5) is 27.6. The van der Waals surface area contributed by atoms with Crippen LogP contribution in [0.2, 0.25) is 0 Å². The molecule has 0 aliphatic rings. The van der Waals surface area contributed by atoms with Crippen molar-refractivity contribution in [2.24, 2.45) is 5.92 Å². The summed E-state index contributed by atoms with van der Waals surface area (Å²) in [6.45, 7) is 6.51.